The summed E-state index contributed by atoms with van der Waals surface area (Å²) in [6.45, 7) is 0.772. The molecular formula is C16H16N4O3S2. The molecule has 2 N–H and O–H groups in total. The largest absolute Gasteiger partial charge is 0.465 e. The Labute approximate surface area is 153 Å². The van der Waals surface area contributed by atoms with Gasteiger partial charge in [-0.15, -0.1) is 0 Å². The van der Waals surface area contributed by atoms with Crippen LogP contribution in [0, 0.1) is 0 Å². The van der Waals surface area contributed by atoms with Gasteiger partial charge >= 0.3 is 0 Å². The van der Waals surface area contributed by atoms with E-state index in [0.717, 1.165) is 5.69 Å². The van der Waals surface area contributed by atoms with Crippen LogP contribution in [-0.4, -0.2) is 44.1 Å². The number of amides is 2. The quantitative estimate of drug-likeness (QED) is 0.567. The molecule has 1 aliphatic rings. The number of thiocarbonyl (C=S) groups is 1. The monoisotopic (exact) mass is 376 g/mol. The van der Waals surface area contributed by atoms with Crippen molar-refractivity contribution < 1.29 is 14.0 Å². The average Bonchev–Trinajstić information content (AvgIpc) is 3.31. The average molecular weight is 376 g/mol. The Balaban J connectivity index is 1.46. The number of hydrogen-bond donors (Lipinski definition) is 2. The van der Waals surface area contributed by atoms with E-state index >= 15 is 0 Å². The maximum atomic E-state index is 12.4. The summed E-state index contributed by atoms with van der Waals surface area (Å²) in [5.41, 5.74) is 0.959. The van der Waals surface area contributed by atoms with Gasteiger partial charge in [-0.3, -0.25) is 14.5 Å². The van der Waals surface area contributed by atoms with Crippen molar-refractivity contribution in [3.63, 3.8) is 0 Å². The minimum Gasteiger partial charge on any atom is -0.465 e. The van der Waals surface area contributed by atoms with Crippen LogP contribution < -0.4 is 5.32 Å². The Morgan fingerprint density at radius 1 is 1.52 bits per heavy atom. The van der Waals surface area contributed by atoms with Crippen LogP contribution >= 0.6 is 24.0 Å². The van der Waals surface area contributed by atoms with Crippen LogP contribution in [0.1, 0.15) is 17.9 Å². The third kappa shape index (κ3) is 4.58. The molecule has 1 saturated heterocycles. The van der Waals surface area contributed by atoms with E-state index < -0.39 is 0 Å². The molecule has 0 atom stereocenters. The lowest BCUT2D eigenvalue weighted by Gasteiger charge is -2.14. The minimum absolute atomic E-state index is 0.122. The molecule has 2 aromatic rings. The third-order valence-electron chi connectivity index (χ3n) is 3.52. The molecular weight excluding hydrogens is 360 g/mol. The fourth-order valence-corrected chi connectivity index (χ4v) is 3.54. The summed E-state index contributed by atoms with van der Waals surface area (Å²) in [4.78, 5) is 33.2. The fourth-order valence-electron chi connectivity index (χ4n) is 2.26. The van der Waals surface area contributed by atoms with Crippen LogP contribution in [0.2, 0.25) is 0 Å². The molecule has 0 saturated carbocycles. The molecule has 2 amide bonds. The van der Waals surface area contributed by atoms with Gasteiger partial charge in [0.05, 0.1) is 17.5 Å². The molecule has 3 heterocycles. The standard InChI is InChI=1S/C16H16N4O3S2/c21-14(18-5-3-11-9-17-10-19-11)4-6-20-15(22)13(25-16(20)24)8-12-2-1-7-23-12/h1-2,7-10H,3-6H2,(H,17,19)(H,18,21)/b13-8-. The SMILES string of the molecule is O=C(CCN1C(=O)/C(=C/c2ccco2)SC1=S)NCCc1cnc[nH]1. The summed E-state index contributed by atoms with van der Waals surface area (Å²) in [7, 11) is 0. The van der Waals surface area contributed by atoms with Crippen molar-refractivity contribution in [2.75, 3.05) is 13.1 Å². The lowest BCUT2D eigenvalue weighted by molar-refractivity contribution is -0.123. The molecule has 0 spiro atoms. The van der Waals surface area contributed by atoms with E-state index in [0.29, 0.717) is 28.0 Å². The Morgan fingerprint density at radius 2 is 2.40 bits per heavy atom. The van der Waals surface area contributed by atoms with Crippen molar-refractivity contribution in [3.05, 3.63) is 47.3 Å². The second-order valence-electron chi connectivity index (χ2n) is 5.28. The zero-order valence-electron chi connectivity index (χ0n) is 13.2. The molecule has 25 heavy (non-hydrogen) atoms. The number of carbonyl (C=O) groups is 2. The van der Waals surface area contributed by atoms with E-state index in [4.69, 9.17) is 16.6 Å². The number of hydrogen-bond acceptors (Lipinski definition) is 6. The zero-order valence-corrected chi connectivity index (χ0v) is 14.9. The van der Waals surface area contributed by atoms with Crippen LogP contribution in [-0.2, 0) is 16.0 Å². The van der Waals surface area contributed by atoms with Gasteiger partial charge in [0.1, 0.15) is 10.1 Å². The van der Waals surface area contributed by atoms with E-state index in [9.17, 15) is 9.59 Å². The Morgan fingerprint density at radius 3 is 3.12 bits per heavy atom. The van der Waals surface area contributed by atoms with Gasteiger partial charge in [-0.25, -0.2) is 4.98 Å². The van der Waals surface area contributed by atoms with Crippen LogP contribution in [0.4, 0.5) is 0 Å². The summed E-state index contributed by atoms with van der Waals surface area (Å²) in [6, 6.07) is 3.51. The van der Waals surface area contributed by atoms with Crippen molar-refractivity contribution >= 4 is 46.2 Å². The van der Waals surface area contributed by atoms with Gasteiger partial charge in [0.25, 0.3) is 5.91 Å². The smallest absolute Gasteiger partial charge is 0.266 e. The predicted molar refractivity (Wildman–Crippen MR) is 98.5 cm³/mol. The summed E-state index contributed by atoms with van der Waals surface area (Å²) < 4.78 is 5.66. The van der Waals surface area contributed by atoms with E-state index in [1.165, 1.54) is 16.7 Å². The number of aromatic nitrogens is 2. The Kier molecular flexibility index (Phi) is 5.67. The van der Waals surface area contributed by atoms with Gasteiger partial charge in [-0.1, -0.05) is 24.0 Å². The summed E-state index contributed by atoms with van der Waals surface area (Å²) in [6.07, 6.45) is 7.40. The van der Waals surface area contributed by atoms with Crippen molar-refractivity contribution in [1.82, 2.24) is 20.2 Å². The first-order chi connectivity index (χ1) is 12.1. The highest BCUT2D eigenvalue weighted by molar-refractivity contribution is 8.26. The van der Waals surface area contributed by atoms with E-state index in [1.54, 1.807) is 37.0 Å². The Bertz CT molecular complexity index is 784. The summed E-state index contributed by atoms with van der Waals surface area (Å²) in [5, 5.41) is 2.82. The first kappa shape index (κ1) is 17.4. The molecule has 0 aliphatic carbocycles. The number of thioether (sulfide) groups is 1. The van der Waals surface area contributed by atoms with Crippen molar-refractivity contribution in [1.29, 1.82) is 0 Å². The Hall–Kier alpha value is -2.39. The van der Waals surface area contributed by atoms with Gasteiger partial charge in [0.2, 0.25) is 5.91 Å². The molecule has 2 aromatic heterocycles. The van der Waals surface area contributed by atoms with Gasteiger partial charge < -0.3 is 14.7 Å². The number of rotatable bonds is 7. The van der Waals surface area contributed by atoms with Crippen LogP contribution in [0.3, 0.4) is 0 Å². The second kappa shape index (κ2) is 8.13. The number of furan rings is 1. The maximum absolute atomic E-state index is 12.4. The molecule has 1 aliphatic heterocycles. The molecule has 3 rings (SSSR count). The van der Waals surface area contributed by atoms with Crippen LogP contribution in [0.5, 0.6) is 0 Å². The number of imidazole rings is 1. The highest BCUT2D eigenvalue weighted by atomic mass is 32.2. The number of aromatic amines is 1. The summed E-state index contributed by atoms with van der Waals surface area (Å²) in [5.74, 6) is 0.275. The first-order valence-electron chi connectivity index (χ1n) is 7.66. The number of carbonyl (C=O) groups excluding carboxylic acids is 2. The molecule has 0 aromatic carbocycles. The molecule has 0 radical (unpaired) electrons. The molecule has 130 valence electrons. The highest BCUT2D eigenvalue weighted by Gasteiger charge is 2.32. The molecule has 7 nitrogen and oxygen atoms in total. The molecule has 9 heteroatoms. The van der Waals surface area contributed by atoms with Gasteiger partial charge in [-0.2, -0.15) is 0 Å². The number of nitrogens with one attached hydrogen (secondary N) is 2. The summed E-state index contributed by atoms with van der Waals surface area (Å²) >= 11 is 6.45. The lowest BCUT2D eigenvalue weighted by Crippen LogP contribution is -2.34. The number of nitrogens with zero attached hydrogens (tertiary/aromatic N) is 2. The van der Waals surface area contributed by atoms with E-state index in [2.05, 4.69) is 15.3 Å². The molecule has 1 fully saturated rings. The number of H-pyrrole nitrogens is 1. The maximum Gasteiger partial charge on any atom is 0.266 e. The third-order valence-corrected chi connectivity index (χ3v) is 4.90. The van der Waals surface area contributed by atoms with Gasteiger partial charge in [-0.05, 0) is 12.1 Å². The minimum atomic E-state index is -0.198. The fraction of sp³-hybridized carbons (Fsp3) is 0.250. The van der Waals surface area contributed by atoms with Gasteiger partial charge in [0, 0.05) is 43.9 Å². The second-order valence-corrected chi connectivity index (χ2v) is 6.95. The predicted octanol–water partition coefficient (Wildman–Crippen LogP) is 1.95. The van der Waals surface area contributed by atoms with E-state index in [1.807, 2.05) is 0 Å². The normalized spacial score (nSPS) is 16.0. The van der Waals surface area contributed by atoms with Crippen molar-refractivity contribution in [2.45, 2.75) is 12.8 Å². The first-order valence-corrected chi connectivity index (χ1v) is 8.89. The van der Waals surface area contributed by atoms with Gasteiger partial charge in [0.15, 0.2) is 0 Å². The topological polar surface area (TPSA) is 91.2 Å². The van der Waals surface area contributed by atoms with Crippen LogP contribution in [0.15, 0.2) is 40.2 Å². The zero-order chi connectivity index (χ0) is 17.6. The highest BCUT2D eigenvalue weighted by Crippen LogP contribution is 2.32. The lowest BCUT2D eigenvalue weighted by atomic mass is 10.3. The van der Waals surface area contributed by atoms with Crippen molar-refractivity contribution in [3.8, 4) is 0 Å². The van der Waals surface area contributed by atoms with Crippen LogP contribution in [0.25, 0.3) is 6.08 Å². The van der Waals surface area contributed by atoms with E-state index in [-0.39, 0.29) is 24.8 Å². The molecule has 0 unspecified atom stereocenters. The molecule has 0 bridgehead atoms. The van der Waals surface area contributed by atoms with Crippen molar-refractivity contribution in [2.24, 2.45) is 0 Å².